The van der Waals surface area contributed by atoms with Gasteiger partial charge in [0, 0.05) is 13.1 Å². The van der Waals surface area contributed by atoms with E-state index in [-0.39, 0.29) is 23.9 Å². The highest BCUT2D eigenvalue weighted by molar-refractivity contribution is 6.03. The van der Waals surface area contributed by atoms with Crippen molar-refractivity contribution < 1.29 is 14.7 Å². The minimum atomic E-state index is -0.703. The molecular formula is C15H21N3O3. The highest BCUT2D eigenvalue weighted by Crippen LogP contribution is 2.28. The molecule has 0 saturated carbocycles. The number of aliphatic hydroxyl groups is 1. The third-order valence-electron chi connectivity index (χ3n) is 3.90. The zero-order chi connectivity index (χ0) is 15.6. The molecule has 21 heavy (non-hydrogen) atoms. The van der Waals surface area contributed by atoms with Crippen molar-refractivity contribution in [1.29, 1.82) is 0 Å². The van der Waals surface area contributed by atoms with Crippen molar-refractivity contribution in [2.24, 2.45) is 11.7 Å². The molecule has 0 spiro atoms. The van der Waals surface area contributed by atoms with E-state index in [4.69, 9.17) is 5.73 Å². The third kappa shape index (κ3) is 3.40. The van der Waals surface area contributed by atoms with Crippen LogP contribution in [0, 0.1) is 5.92 Å². The summed E-state index contributed by atoms with van der Waals surface area (Å²) in [6.45, 7) is 5.06. The van der Waals surface area contributed by atoms with Crippen LogP contribution in [0.15, 0.2) is 24.3 Å². The summed E-state index contributed by atoms with van der Waals surface area (Å²) in [5.74, 6) is -0.647. The first kappa shape index (κ1) is 15.5. The second-order valence-corrected chi connectivity index (χ2v) is 5.86. The van der Waals surface area contributed by atoms with Gasteiger partial charge < -0.3 is 16.2 Å². The molecule has 1 aliphatic heterocycles. The van der Waals surface area contributed by atoms with Crippen molar-refractivity contribution in [1.82, 2.24) is 4.90 Å². The first-order chi connectivity index (χ1) is 9.82. The maximum Gasteiger partial charge on any atom is 0.250 e. The lowest BCUT2D eigenvalue weighted by molar-refractivity contribution is -0.139. The van der Waals surface area contributed by atoms with Gasteiger partial charge in [0.2, 0.25) is 5.91 Å². The van der Waals surface area contributed by atoms with Gasteiger partial charge in [0.15, 0.2) is 0 Å². The van der Waals surface area contributed by atoms with Crippen LogP contribution in [0.25, 0.3) is 0 Å². The van der Waals surface area contributed by atoms with Gasteiger partial charge in [-0.15, -0.1) is 0 Å². The number of nitrogens with two attached hydrogens (primary N) is 1. The number of primary amides is 1. The van der Waals surface area contributed by atoms with Crippen molar-refractivity contribution in [3.63, 3.8) is 0 Å². The Balaban J connectivity index is 1.91. The first-order valence-corrected chi connectivity index (χ1v) is 6.95. The lowest BCUT2D eigenvalue weighted by Gasteiger charge is -2.48. The molecule has 0 aromatic heterocycles. The normalized spacial score (nSPS) is 17.3. The van der Waals surface area contributed by atoms with Gasteiger partial charge in [0.05, 0.1) is 23.4 Å². The number of amides is 2. The van der Waals surface area contributed by atoms with Gasteiger partial charge in [-0.2, -0.15) is 0 Å². The van der Waals surface area contributed by atoms with Crippen LogP contribution in [-0.4, -0.2) is 47.1 Å². The standard InChI is InChI=1S/C15H21N3O3/c1-10(2)15(21)8-18(9-15)7-13(19)17-12-6-4-3-5-11(12)14(16)20/h3-6,10,21H,7-9H2,1-2H3,(H2,16,20)(H,17,19). The summed E-state index contributed by atoms with van der Waals surface area (Å²) in [6.07, 6.45) is 0. The Hall–Kier alpha value is -1.92. The van der Waals surface area contributed by atoms with E-state index in [9.17, 15) is 14.7 Å². The van der Waals surface area contributed by atoms with Gasteiger partial charge in [0.1, 0.15) is 0 Å². The quantitative estimate of drug-likeness (QED) is 0.733. The van der Waals surface area contributed by atoms with E-state index in [1.165, 1.54) is 0 Å². The number of likely N-dealkylation sites (tertiary alicyclic amines) is 1. The molecule has 1 aromatic rings. The maximum absolute atomic E-state index is 12.0. The molecule has 2 amide bonds. The highest BCUT2D eigenvalue weighted by Gasteiger charge is 2.43. The lowest BCUT2D eigenvalue weighted by atomic mass is 9.83. The van der Waals surface area contributed by atoms with E-state index in [0.29, 0.717) is 18.8 Å². The van der Waals surface area contributed by atoms with Crippen molar-refractivity contribution in [2.75, 3.05) is 25.0 Å². The van der Waals surface area contributed by atoms with Crippen LogP contribution >= 0.6 is 0 Å². The number of carbonyl (C=O) groups is 2. The second-order valence-electron chi connectivity index (χ2n) is 5.86. The van der Waals surface area contributed by atoms with E-state index < -0.39 is 11.5 Å². The van der Waals surface area contributed by atoms with E-state index in [1.807, 2.05) is 18.7 Å². The summed E-state index contributed by atoms with van der Waals surface area (Å²) in [6, 6.07) is 6.62. The Kier molecular flexibility index (Phi) is 4.29. The molecular weight excluding hydrogens is 270 g/mol. The zero-order valence-electron chi connectivity index (χ0n) is 12.3. The van der Waals surface area contributed by atoms with Gasteiger partial charge in [0.25, 0.3) is 5.91 Å². The van der Waals surface area contributed by atoms with E-state index in [1.54, 1.807) is 24.3 Å². The minimum absolute atomic E-state index is 0.160. The number of anilines is 1. The van der Waals surface area contributed by atoms with E-state index in [2.05, 4.69) is 5.32 Å². The Bertz CT molecular complexity index is 551. The van der Waals surface area contributed by atoms with Crippen LogP contribution in [0.1, 0.15) is 24.2 Å². The third-order valence-corrected chi connectivity index (χ3v) is 3.90. The molecule has 6 heteroatoms. The molecule has 0 aliphatic carbocycles. The minimum Gasteiger partial charge on any atom is -0.387 e. The molecule has 1 aromatic carbocycles. The number of nitrogens with zero attached hydrogens (tertiary/aromatic N) is 1. The summed E-state index contributed by atoms with van der Waals surface area (Å²) < 4.78 is 0. The van der Waals surface area contributed by atoms with Gasteiger partial charge in [-0.3, -0.25) is 14.5 Å². The molecule has 1 aliphatic rings. The van der Waals surface area contributed by atoms with Crippen molar-refractivity contribution in [2.45, 2.75) is 19.4 Å². The number of nitrogens with one attached hydrogen (secondary N) is 1. The monoisotopic (exact) mass is 291 g/mol. The van der Waals surface area contributed by atoms with Crippen molar-refractivity contribution in [3.05, 3.63) is 29.8 Å². The smallest absolute Gasteiger partial charge is 0.250 e. The van der Waals surface area contributed by atoms with Crippen molar-refractivity contribution >= 4 is 17.5 Å². The molecule has 2 rings (SSSR count). The fourth-order valence-corrected chi connectivity index (χ4v) is 2.40. The summed E-state index contributed by atoms with van der Waals surface area (Å²) >= 11 is 0. The average Bonchev–Trinajstić information content (AvgIpc) is 2.36. The van der Waals surface area contributed by atoms with E-state index in [0.717, 1.165) is 0 Å². The summed E-state index contributed by atoms with van der Waals surface area (Å²) in [7, 11) is 0. The molecule has 0 atom stereocenters. The number of hydrogen-bond donors (Lipinski definition) is 3. The lowest BCUT2D eigenvalue weighted by Crippen LogP contribution is -2.65. The fourth-order valence-electron chi connectivity index (χ4n) is 2.40. The number of para-hydroxylation sites is 1. The van der Waals surface area contributed by atoms with Crippen molar-refractivity contribution in [3.8, 4) is 0 Å². The van der Waals surface area contributed by atoms with Crippen LogP contribution in [0.3, 0.4) is 0 Å². The Morgan fingerprint density at radius 1 is 1.38 bits per heavy atom. The second kappa shape index (κ2) is 5.83. The van der Waals surface area contributed by atoms with Gasteiger partial charge in [-0.25, -0.2) is 0 Å². The van der Waals surface area contributed by atoms with Gasteiger partial charge >= 0.3 is 0 Å². The molecule has 4 N–H and O–H groups in total. The Labute approximate surface area is 123 Å². The number of hydrogen-bond acceptors (Lipinski definition) is 4. The molecule has 0 radical (unpaired) electrons. The number of carbonyl (C=O) groups excluding carboxylic acids is 2. The molecule has 6 nitrogen and oxygen atoms in total. The van der Waals surface area contributed by atoms with Crippen LogP contribution in [0.2, 0.25) is 0 Å². The first-order valence-electron chi connectivity index (χ1n) is 6.95. The zero-order valence-corrected chi connectivity index (χ0v) is 12.3. The predicted octanol–water partition coefficient (Wildman–Crippen LogP) is 0.427. The van der Waals surface area contributed by atoms with Crippen LogP contribution in [0.5, 0.6) is 0 Å². The molecule has 0 unspecified atom stereocenters. The number of benzene rings is 1. The van der Waals surface area contributed by atoms with Gasteiger partial charge in [-0.05, 0) is 18.1 Å². The molecule has 0 bridgehead atoms. The molecule has 114 valence electrons. The number of rotatable bonds is 5. The Morgan fingerprint density at radius 2 is 2.00 bits per heavy atom. The number of β-amino-alcohol motifs (C(OH)–C–C–N with tert-alkyl or cyclic N) is 1. The average molecular weight is 291 g/mol. The maximum atomic E-state index is 12.0. The summed E-state index contributed by atoms with van der Waals surface area (Å²) in [5, 5.41) is 12.8. The Morgan fingerprint density at radius 3 is 2.57 bits per heavy atom. The largest absolute Gasteiger partial charge is 0.387 e. The predicted molar refractivity (Wildman–Crippen MR) is 79.8 cm³/mol. The molecule has 1 heterocycles. The fraction of sp³-hybridized carbons (Fsp3) is 0.467. The van der Waals surface area contributed by atoms with Gasteiger partial charge in [-0.1, -0.05) is 26.0 Å². The van der Waals surface area contributed by atoms with Crippen LogP contribution in [-0.2, 0) is 4.79 Å². The SMILES string of the molecule is CC(C)C1(O)CN(CC(=O)Nc2ccccc2C(N)=O)C1. The topological polar surface area (TPSA) is 95.7 Å². The van der Waals surface area contributed by atoms with E-state index >= 15 is 0 Å². The highest BCUT2D eigenvalue weighted by atomic mass is 16.3. The summed E-state index contributed by atoms with van der Waals surface area (Å²) in [4.78, 5) is 25.1. The van der Waals surface area contributed by atoms with Crippen LogP contribution < -0.4 is 11.1 Å². The summed E-state index contributed by atoms with van der Waals surface area (Å²) in [5.41, 5.74) is 5.26. The molecule has 1 fully saturated rings. The van der Waals surface area contributed by atoms with Crippen LogP contribution in [0.4, 0.5) is 5.69 Å². The molecule has 1 saturated heterocycles.